The lowest BCUT2D eigenvalue weighted by Crippen LogP contribution is -2.38. The second kappa shape index (κ2) is 5.84. The minimum absolute atomic E-state index is 0.0575. The lowest BCUT2D eigenvalue weighted by atomic mass is 10.1. The van der Waals surface area contributed by atoms with E-state index in [1.54, 1.807) is 6.26 Å². The second-order valence-corrected chi connectivity index (χ2v) is 9.83. The highest BCUT2D eigenvalue weighted by Gasteiger charge is 2.53. The molecule has 0 aromatic carbocycles. The molecule has 5 atom stereocenters. The van der Waals surface area contributed by atoms with E-state index >= 15 is 0 Å². The van der Waals surface area contributed by atoms with E-state index in [2.05, 4.69) is 27.6 Å². The highest BCUT2D eigenvalue weighted by molar-refractivity contribution is 8.54. The largest absolute Gasteiger partial charge is 0.389 e. The summed E-state index contributed by atoms with van der Waals surface area (Å²) in [6.45, 7) is -3.23. The Morgan fingerprint density at radius 3 is 3.08 bits per heavy atom. The van der Waals surface area contributed by atoms with Gasteiger partial charge in [0, 0.05) is 0 Å². The van der Waals surface area contributed by atoms with Gasteiger partial charge < -0.3 is 15.6 Å². The predicted molar refractivity (Wildman–Crippen MR) is 88.9 cm³/mol. The summed E-state index contributed by atoms with van der Waals surface area (Å²) in [6.07, 6.45) is -0.410. The van der Waals surface area contributed by atoms with E-state index in [9.17, 15) is 9.67 Å². The Bertz CT molecular complexity index is 850. The number of aliphatic hydroxyl groups is 1. The topological polar surface area (TPSA) is 135 Å². The molecule has 3 unspecified atom stereocenters. The zero-order chi connectivity index (χ0) is 17.1. The fraction of sp³-hybridized carbons (Fsp3) is 0.545. The third-order valence-electron chi connectivity index (χ3n) is 3.92. The molecule has 2 aliphatic rings. The number of nitrogens with two attached hydrogens (primary N) is 1. The number of aliphatic hydroxyl groups excluding tert-OH is 1. The Labute approximate surface area is 145 Å². The maximum atomic E-state index is 12.3. The molecule has 0 radical (unpaired) electrons. The molecule has 4 rings (SSSR count). The van der Waals surface area contributed by atoms with Crippen molar-refractivity contribution in [1.29, 1.82) is 0 Å². The van der Waals surface area contributed by atoms with Crippen LogP contribution >= 0.6 is 30.8 Å². The Kier molecular flexibility index (Phi) is 4.03. The van der Waals surface area contributed by atoms with Gasteiger partial charge in [0.1, 0.15) is 24.6 Å². The summed E-state index contributed by atoms with van der Waals surface area (Å²) in [4.78, 5) is 12.2. The van der Waals surface area contributed by atoms with E-state index in [1.807, 2.05) is 0 Å². The number of hydrogen-bond donors (Lipinski definition) is 3. The van der Waals surface area contributed by atoms with Crippen LogP contribution in [-0.2, 0) is 18.3 Å². The summed E-state index contributed by atoms with van der Waals surface area (Å²) in [7, 11) is 0. The fourth-order valence-electron chi connectivity index (χ4n) is 2.79. The summed E-state index contributed by atoms with van der Waals surface area (Å²) in [6, 6.07) is 0. The number of ether oxygens (including phenoxy) is 1. The van der Waals surface area contributed by atoms with Crippen molar-refractivity contribution in [1.82, 2.24) is 19.5 Å². The molecule has 2 aromatic rings. The summed E-state index contributed by atoms with van der Waals surface area (Å²) >= 11 is 5.29. The first kappa shape index (κ1) is 16.6. The van der Waals surface area contributed by atoms with Crippen molar-refractivity contribution < 1.29 is 23.5 Å². The lowest BCUT2D eigenvalue weighted by Gasteiger charge is -2.30. The Morgan fingerprint density at radius 1 is 1.54 bits per heavy atom. The summed E-state index contributed by atoms with van der Waals surface area (Å²) in [5.74, 6) is 0.199. The van der Waals surface area contributed by atoms with Crippen molar-refractivity contribution in [2.45, 2.75) is 29.7 Å². The number of anilines is 1. The van der Waals surface area contributed by atoms with Gasteiger partial charge in [-0.2, -0.15) is 0 Å². The van der Waals surface area contributed by atoms with Gasteiger partial charge in [-0.3, -0.25) is 13.6 Å². The molecular formula is C11H14N5O5PS2. The van der Waals surface area contributed by atoms with Crippen molar-refractivity contribution in [3.63, 3.8) is 0 Å². The molecular weight excluding hydrogens is 377 g/mol. The zero-order valence-electron chi connectivity index (χ0n) is 12.3. The molecule has 24 heavy (non-hydrogen) atoms. The lowest BCUT2D eigenvalue weighted by molar-refractivity contribution is -0.0591. The molecule has 0 spiro atoms. The Balaban J connectivity index is 1.73. The number of hydrogen-bond acceptors (Lipinski definition) is 11. The van der Waals surface area contributed by atoms with Gasteiger partial charge in [0.2, 0.25) is 0 Å². The Hall–Kier alpha value is -0.880. The molecule has 0 bridgehead atoms. The van der Waals surface area contributed by atoms with Gasteiger partial charge in [0.15, 0.2) is 28.4 Å². The van der Waals surface area contributed by atoms with E-state index < -0.39 is 31.3 Å². The monoisotopic (exact) mass is 391 g/mol. The molecule has 10 nitrogen and oxygen atoms in total. The number of aromatic nitrogens is 4. The van der Waals surface area contributed by atoms with E-state index in [-0.39, 0.29) is 17.6 Å². The van der Waals surface area contributed by atoms with Crippen LogP contribution in [-0.4, -0.2) is 55.8 Å². The molecule has 4 heterocycles. The quantitative estimate of drug-likeness (QED) is 0.499. The van der Waals surface area contributed by atoms with Gasteiger partial charge in [-0.25, -0.2) is 19.5 Å². The maximum Gasteiger partial charge on any atom is 0.389 e. The normalized spacial score (nSPS) is 36.1. The number of rotatable bonds is 2. The summed E-state index contributed by atoms with van der Waals surface area (Å²) in [5.41, 5.74) is 6.53. The van der Waals surface area contributed by atoms with Gasteiger partial charge in [-0.05, 0) is 17.6 Å². The van der Waals surface area contributed by atoms with E-state index in [4.69, 9.17) is 19.5 Å². The zero-order valence-corrected chi connectivity index (χ0v) is 14.9. The fourth-order valence-corrected chi connectivity index (χ4v) is 5.29. The van der Waals surface area contributed by atoms with Crippen molar-refractivity contribution in [2.24, 2.45) is 0 Å². The van der Waals surface area contributed by atoms with Gasteiger partial charge in [0.05, 0.1) is 6.61 Å². The minimum Gasteiger partial charge on any atom is -0.386 e. The molecule has 0 aliphatic carbocycles. The van der Waals surface area contributed by atoms with Crippen LogP contribution in [0.15, 0.2) is 11.5 Å². The third kappa shape index (κ3) is 2.45. The van der Waals surface area contributed by atoms with Crippen LogP contribution in [0.2, 0.25) is 0 Å². The number of nitrogens with zero attached hydrogens (tertiary/aromatic N) is 4. The second-order valence-electron chi connectivity index (χ2n) is 5.26. The molecule has 0 amide bonds. The predicted octanol–water partition coefficient (Wildman–Crippen LogP) is 0.842. The molecule has 0 saturated carbocycles. The smallest absolute Gasteiger partial charge is 0.386 e. The highest BCUT2D eigenvalue weighted by Crippen LogP contribution is 2.64. The first-order valence-corrected chi connectivity index (χ1v) is 10.7. The molecule has 2 saturated heterocycles. The van der Waals surface area contributed by atoms with Crippen LogP contribution in [0, 0.1) is 0 Å². The standard InChI is InChI=1S/C11H14N5O5PS2/c1-24-22(18)19-2-4-7(21-22)6(17)10(20-4)16-9-5(15-11(16)23)8(12)13-3-14-9/h3-4,6-7,10,17H,2H2,1H3,(H,15,23)(H2,12,13,14)/t4-,6?,7?,10-,22?/m1/s1. The highest BCUT2D eigenvalue weighted by atomic mass is 32.7. The summed E-state index contributed by atoms with van der Waals surface area (Å²) in [5, 5.41) is 10.9. The van der Waals surface area contributed by atoms with Crippen LogP contribution in [0.25, 0.3) is 11.2 Å². The molecule has 3 N–H and O–H groups in total. The maximum absolute atomic E-state index is 12.3. The van der Waals surface area contributed by atoms with E-state index in [1.165, 1.54) is 10.9 Å². The molecule has 2 aliphatic heterocycles. The molecule has 2 aromatic heterocycles. The number of nitrogen functional groups attached to an aromatic ring is 1. The Morgan fingerprint density at radius 2 is 2.33 bits per heavy atom. The van der Waals surface area contributed by atoms with E-state index in [0.29, 0.717) is 11.2 Å². The molecule has 13 heteroatoms. The average molecular weight is 391 g/mol. The van der Waals surface area contributed by atoms with Gasteiger partial charge in [0.25, 0.3) is 0 Å². The van der Waals surface area contributed by atoms with Crippen molar-refractivity contribution in [3.8, 4) is 0 Å². The third-order valence-corrected chi connectivity index (χ3v) is 7.57. The molecule has 2 fully saturated rings. The molecule has 130 valence electrons. The SMILES string of the molecule is CSP1(=O)OC[C@H]2O[C@@H](n3c(S)nc4c(N)ncnc43)C(O)C2O1. The first-order chi connectivity index (χ1) is 11.4. The van der Waals surface area contributed by atoms with E-state index in [0.717, 1.165) is 11.4 Å². The van der Waals surface area contributed by atoms with Gasteiger partial charge >= 0.3 is 6.80 Å². The van der Waals surface area contributed by atoms with Crippen LogP contribution in [0.5, 0.6) is 0 Å². The van der Waals surface area contributed by atoms with Crippen LogP contribution in [0.3, 0.4) is 0 Å². The number of fused-ring (bicyclic) bond motifs is 2. The van der Waals surface area contributed by atoms with Gasteiger partial charge in [-0.15, -0.1) is 12.6 Å². The van der Waals surface area contributed by atoms with Crippen LogP contribution in [0.1, 0.15) is 6.23 Å². The number of thiol groups is 1. The first-order valence-electron chi connectivity index (χ1n) is 6.93. The average Bonchev–Trinajstić information content (AvgIpc) is 3.05. The summed E-state index contributed by atoms with van der Waals surface area (Å²) < 4.78 is 30.3. The van der Waals surface area contributed by atoms with Crippen LogP contribution < -0.4 is 5.73 Å². The van der Waals surface area contributed by atoms with Crippen molar-refractivity contribution >= 4 is 47.8 Å². The van der Waals surface area contributed by atoms with Crippen molar-refractivity contribution in [2.75, 3.05) is 18.6 Å². The van der Waals surface area contributed by atoms with Gasteiger partial charge in [-0.1, -0.05) is 0 Å². The number of imidazole rings is 1. The van der Waals surface area contributed by atoms with Crippen LogP contribution in [0.4, 0.5) is 5.82 Å². The van der Waals surface area contributed by atoms with Crippen molar-refractivity contribution in [3.05, 3.63) is 6.33 Å². The minimum atomic E-state index is -3.29.